The molecule has 5 heteroatoms. The van der Waals surface area contributed by atoms with E-state index < -0.39 is 0 Å². The van der Waals surface area contributed by atoms with Crippen LogP contribution in [0.5, 0.6) is 0 Å². The molecule has 0 aromatic heterocycles. The Morgan fingerprint density at radius 2 is 1.95 bits per heavy atom. The zero-order chi connectivity index (χ0) is 14.5. The highest BCUT2D eigenvalue weighted by Crippen LogP contribution is 2.28. The summed E-state index contributed by atoms with van der Waals surface area (Å²) in [6.45, 7) is 6.84. The highest BCUT2D eigenvalue weighted by molar-refractivity contribution is 8.00. The van der Waals surface area contributed by atoms with Crippen LogP contribution in [-0.4, -0.2) is 24.9 Å². The van der Waals surface area contributed by atoms with Gasteiger partial charge >= 0.3 is 0 Å². The molecule has 19 heavy (non-hydrogen) atoms. The highest BCUT2D eigenvalue weighted by Gasteiger charge is 2.19. The number of methoxy groups -OCH3 is 1. The van der Waals surface area contributed by atoms with Gasteiger partial charge in [-0.3, -0.25) is 10.2 Å². The lowest BCUT2D eigenvalue weighted by Gasteiger charge is -2.19. The third-order valence-corrected chi connectivity index (χ3v) is 3.93. The molecule has 1 aromatic carbocycles. The molecule has 1 rings (SSSR count). The molecule has 0 heterocycles. The molecule has 0 saturated heterocycles. The van der Waals surface area contributed by atoms with E-state index >= 15 is 0 Å². The number of nitrogens with one attached hydrogen (secondary N) is 1. The maximum atomic E-state index is 11.6. The van der Waals surface area contributed by atoms with Crippen molar-refractivity contribution in [2.45, 2.75) is 36.3 Å². The molecule has 0 spiro atoms. The van der Waals surface area contributed by atoms with Crippen LogP contribution in [0.4, 0.5) is 0 Å². The second-order valence-corrected chi connectivity index (χ2v) is 6.62. The van der Waals surface area contributed by atoms with Gasteiger partial charge in [-0.05, 0) is 23.1 Å². The molecule has 0 radical (unpaired) electrons. The maximum absolute atomic E-state index is 11.6. The first-order valence-electron chi connectivity index (χ1n) is 6.15. The summed E-state index contributed by atoms with van der Waals surface area (Å²) in [5.41, 5.74) is 3.56. The fourth-order valence-electron chi connectivity index (χ4n) is 1.61. The molecular weight excluding hydrogens is 260 g/mol. The largest absolute Gasteiger partial charge is 0.383 e. The van der Waals surface area contributed by atoms with Crippen molar-refractivity contribution >= 4 is 17.7 Å². The Morgan fingerprint density at radius 3 is 2.37 bits per heavy atom. The summed E-state index contributed by atoms with van der Waals surface area (Å²) in [5.74, 6) is 4.94. The van der Waals surface area contributed by atoms with Crippen molar-refractivity contribution in [3.8, 4) is 0 Å². The summed E-state index contributed by atoms with van der Waals surface area (Å²) in [6, 6.07) is 8.23. The molecule has 0 saturated carbocycles. The number of rotatable bonds is 5. The lowest BCUT2D eigenvalue weighted by molar-refractivity contribution is -0.121. The van der Waals surface area contributed by atoms with Crippen molar-refractivity contribution in [1.82, 2.24) is 5.43 Å². The lowest BCUT2D eigenvalue weighted by atomic mass is 9.87. The average molecular weight is 282 g/mol. The van der Waals surface area contributed by atoms with Crippen LogP contribution < -0.4 is 11.3 Å². The van der Waals surface area contributed by atoms with Gasteiger partial charge < -0.3 is 4.74 Å². The first-order chi connectivity index (χ1) is 8.88. The third-order valence-electron chi connectivity index (χ3n) is 2.75. The number of carbonyl (C=O) groups excluding carboxylic acids is 1. The molecule has 1 unspecified atom stereocenters. The van der Waals surface area contributed by atoms with Crippen LogP contribution in [-0.2, 0) is 14.9 Å². The van der Waals surface area contributed by atoms with Gasteiger partial charge in [0.25, 0.3) is 0 Å². The molecular formula is C14H22N2O2S. The van der Waals surface area contributed by atoms with E-state index in [9.17, 15) is 4.79 Å². The minimum absolute atomic E-state index is 0.129. The smallest absolute Gasteiger partial charge is 0.249 e. The predicted octanol–water partition coefficient (Wildman–Crippen LogP) is 2.08. The number of carbonyl (C=O) groups is 1. The molecule has 0 fully saturated rings. The third kappa shape index (κ3) is 4.86. The number of nitrogens with two attached hydrogens (primary N) is 1. The average Bonchev–Trinajstić information content (AvgIpc) is 2.37. The number of hydrogen-bond acceptors (Lipinski definition) is 4. The molecule has 106 valence electrons. The van der Waals surface area contributed by atoms with Gasteiger partial charge in [0.15, 0.2) is 0 Å². The second-order valence-electron chi connectivity index (χ2n) is 5.34. The Morgan fingerprint density at radius 1 is 1.37 bits per heavy atom. The number of thioether (sulfide) groups is 1. The van der Waals surface area contributed by atoms with Gasteiger partial charge in [0, 0.05) is 12.0 Å². The van der Waals surface area contributed by atoms with E-state index in [1.54, 1.807) is 7.11 Å². The minimum Gasteiger partial charge on any atom is -0.383 e. The van der Waals surface area contributed by atoms with E-state index in [0.717, 1.165) is 4.90 Å². The van der Waals surface area contributed by atoms with Gasteiger partial charge in [0.1, 0.15) is 5.25 Å². The van der Waals surface area contributed by atoms with Crippen LogP contribution >= 0.6 is 11.8 Å². The van der Waals surface area contributed by atoms with E-state index in [1.807, 2.05) is 12.1 Å². The van der Waals surface area contributed by atoms with E-state index in [1.165, 1.54) is 17.3 Å². The van der Waals surface area contributed by atoms with E-state index in [-0.39, 0.29) is 16.6 Å². The van der Waals surface area contributed by atoms with Crippen molar-refractivity contribution in [1.29, 1.82) is 0 Å². The summed E-state index contributed by atoms with van der Waals surface area (Å²) in [5, 5.41) is -0.338. The first-order valence-corrected chi connectivity index (χ1v) is 7.03. The van der Waals surface area contributed by atoms with Gasteiger partial charge in [-0.2, -0.15) is 0 Å². The van der Waals surface area contributed by atoms with Gasteiger partial charge in [-0.15, -0.1) is 11.8 Å². The highest BCUT2D eigenvalue weighted by atomic mass is 32.2. The van der Waals surface area contributed by atoms with Gasteiger partial charge in [0.05, 0.1) is 6.61 Å². The van der Waals surface area contributed by atoms with Gasteiger partial charge in [-0.25, -0.2) is 5.84 Å². The molecule has 0 bridgehead atoms. The normalized spacial score (nSPS) is 13.1. The topological polar surface area (TPSA) is 64.3 Å². The number of ether oxygens (including phenoxy) is 1. The Balaban J connectivity index is 2.78. The molecule has 1 aromatic rings. The summed E-state index contributed by atoms with van der Waals surface area (Å²) >= 11 is 1.45. The van der Waals surface area contributed by atoms with Gasteiger partial charge in [-0.1, -0.05) is 32.9 Å². The predicted molar refractivity (Wildman–Crippen MR) is 79.0 cm³/mol. The molecule has 4 nitrogen and oxygen atoms in total. The van der Waals surface area contributed by atoms with Gasteiger partial charge in [0.2, 0.25) is 5.91 Å². The molecule has 0 aliphatic carbocycles. The standard InChI is InChI=1S/C14H22N2O2S/c1-14(2,3)10-5-7-11(8-6-10)19-12(9-18-4)13(17)16-15/h5-8,12H,9,15H2,1-4H3,(H,16,17). The molecule has 0 aliphatic rings. The van der Waals surface area contributed by atoms with Crippen molar-refractivity contribution in [2.75, 3.05) is 13.7 Å². The van der Waals surface area contributed by atoms with Crippen molar-refractivity contribution in [2.24, 2.45) is 5.84 Å². The van der Waals surface area contributed by atoms with Crippen molar-refractivity contribution in [3.05, 3.63) is 29.8 Å². The van der Waals surface area contributed by atoms with Crippen LogP contribution in [0.2, 0.25) is 0 Å². The molecule has 3 N–H and O–H groups in total. The van der Waals surface area contributed by atoms with Crippen LogP contribution in [0.15, 0.2) is 29.2 Å². The Hall–Kier alpha value is -1.04. The first kappa shape index (κ1) is 16.0. The summed E-state index contributed by atoms with van der Waals surface area (Å²) < 4.78 is 5.04. The fourth-order valence-corrected chi connectivity index (χ4v) is 2.61. The molecule has 1 atom stereocenters. The lowest BCUT2D eigenvalue weighted by Crippen LogP contribution is -2.39. The monoisotopic (exact) mass is 282 g/mol. The summed E-state index contributed by atoms with van der Waals surface area (Å²) in [7, 11) is 1.57. The summed E-state index contributed by atoms with van der Waals surface area (Å²) in [6.07, 6.45) is 0. The zero-order valence-electron chi connectivity index (χ0n) is 11.9. The summed E-state index contributed by atoms with van der Waals surface area (Å²) in [4.78, 5) is 12.6. The van der Waals surface area contributed by atoms with Crippen molar-refractivity contribution < 1.29 is 9.53 Å². The number of hydrogen-bond donors (Lipinski definition) is 2. The van der Waals surface area contributed by atoms with Crippen LogP contribution in [0.3, 0.4) is 0 Å². The zero-order valence-corrected chi connectivity index (χ0v) is 12.7. The maximum Gasteiger partial charge on any atom is 0.249 e. The van der Waals surface area contributed by atoms with E-state index in [2.05, 4.69) is 38.3 Å². The molecule has 1 amide bonds. The number of hydrazine groups is 1. The minimum atomic E-state index is -0.338. The SMILES string of the molecule is COCC(Sc1ccc(C(C)(C)C)cc1)C(=O)NN. The molecule has 0 aliphatic heterocycles. The Kier molecular flexibility index (Phi) is 5.85. The fraction of sp³-hybridized carbons (Fsp3) is 0.500. The van der Waals surface area contributed by atoms with Crippen molar-refractivity contribution in [3.63, 3.8) is 0 Å². The van der Waals surface area contributed by atoms with Crippen LogP contribution in [0, 0.1) is 0 Å². The van der Waals surface area contributed by atoms with E-state index in [0.29, 0.717) is 6.61 Å². The van der Waals surface area contributed by atoms with E-state index in [4.69, 9.17) is 10.6 Å². The van der Waals surface area contributed by atoms with Crippen LogP contribution in [0.1, 0.15) is 26.3 Å². The second kappa shape index (κ2) is 6.93. The quantitative estimate of drug-likeness (QED) is 0.376. The van der Waals surface area contributed by atoms with Crippen LogP contribution in [0.25, 0.3) is 0 Å². The number of amides is 1. The Bertz CT molecular complexity index is 412. The number of benzene rings is 1. The Labute approximate surface area is 119 Å².